The molecule has 2 aromatic rings. The zero-order valence-corrected chi connectivity index (χ0v) is 21.6. The minimum Gasteiger partial charge on any atom is -0.381 e. The van der Waals surface area contributed by atoms with Crippen molar-refractivity contribution in [3.63, 3.8) is 0 Å². The molecule has 0 aromatic heterocycles. The second-order valence-electron chi connectivity index (χ2n) is 9.41. The van der Waals surface area contributed by atoms with Gasteiger partial charge >= 0.3 is 0 Å². The lowest BCUT2D eigenvalue weighted by atomic mass is 9.98. The van der Waals surface area contributed by atoms with Gasteiger partial charge in [0.05, 0.1) is 12.6 Å². The highest BCUT2D eigenvalue weighted by Gasteiger charge is 2.51. The van der Waals surface area contributed by atoms with Crippen LogP contribution in [0.4, 0.5) is 8.78 Å². The Morgan fingerprint density at radius 3 is 2.43 bits per heavy atom. The van der Waals surface area contributed by atoms with Gasteiger partial charge in [-0.3, -0.25) is 14.4 Å². The summed E-state index contributed by atoms with van der Waals surface area (Å²) in [4.78, 5) is 39.5. The Bertz CT molecular complexity index is 1100. The normalized spacial score (nSPS) is 19.1. The van der Waals surface area contributed by atoms with Crippen LogP contribution in [0.3, 0.4) is 0 Å². The van der Waals surface area contributed by atoms with E-state index < -0.39 is 48.9 Å². The molecular weight excluding hydrogens is 504 g/mol. The molecule has 1 aliphatic heterocycles. The number of aliphatic hydroxyl groups is 1. The number of amides is 3. The van der Waals surface area contributed by atoms with Gasteiger partial charge < -0.3 is 20.6 Å². The van der Waals surface area contributed by atoms with Crippen LogP contribution in [0.5, 0.6) is 0 Å². The molecule has 3 amide bonds. The van der Waals surface area contributed by atoms with E-state index in [9.17, 15) is 28.3 Å². The maximum atomic E-state index is 14.4. The molecule has 200 valence electrons. The minimum atomic E-state index is -3.31. The molecule has 0 saturated carbocycles. The zero-order valence-electron chi connectivity index (χ0n) is 20.8. The van der Waals surface area contributed by atoms with Crippen LogP contribution in [0.2, 0.25) is 5.02 Å². The van der Waals surface area contributed by atoms with E-state index in [2.05, 4.69) is 10.6 Å². The number of halogens is 3. The number of aliphatic hydroxyl groups excluding tert-OH is 1. The first-order chi connectivity index (χ1) is 17.5. The molecule has 7 nitrogen and oxygen atoms in total. The molecule has 0 unspecified atom stereocenters. The summed E-state index contributed by atoms with van der Waals surface area (Å²) in [7, 11) is 0. The topological polar surface area (TPSA) is 98.7 Å². The molecule has 37 heavy (non-hydrogen) atoms. The van der Waals surface area contributed by atoms with Crippen molar-refractivity contribution in [1.29, 1.82) is 0 Å². The Kier molecular flexibility index (Phi) is 9.62. The fraction of sp³-hybridized carbons (Fsp3) is 0.444. The Balaban J connectivity index is 1.78. The van der Waals surface area contributed by atoms with E-state index in [0.717, 1.165) is 5.56 Å². The van der Waals surface area contributed by atoms with Crippen molar-refractivity contribution < 1.29 is 28.3 Å². The lowest BCUT2D eigenvalue weighted by Crippen LogP contribution is -2.56. The summed E-state index contributed by atoms with van der Waals surface area (Å²) in [6, 6.07) is 13.1. The first-order valence-corrected chi connectivity index (χ1v) is 12.6. The average Bonchev–Trinajstić information content (AvgIpc) is 3.22. The molecule has 10 heteroatoms. The van der Waals surface area contributed by atoms with E-state index in [1.165, 1.54) is 0 Å². The molecule has 1 saturated heterocycles. The molecule has 0 aliphatic carbocycles. The predicted molar refractivity (Wildman–Crippen MR) is 136 cm³/mol. The summed E-state index contributed by atoms with van der Waals surface area (Å²) in [5.74, 6) is -5.87. The molecule has 0 spiro atoms. The molecule has 1 aliphatic rings. The van der Waals surface area contributed by atoms with E-state index in [0.29, 0.717) is 21.9 Å². The van der Waals surface area contributed by atoms with Crippen molar-refractivity contribution in [2.24, 2.45) is 5.92 Å². The van der Waals surface area contributed by atoms with Crippen LogP contribution in [0.15, 0.2) is 54.6 Å². The van der Waals surface area contributed by atoms with Gasteiger partial charge in [-0.2, -0.15) is 0 Å². The van der Waals surface area contributed by atoms with Crippen molar-refractivity contribution in [2.45, 2.75) is 63.8 Å². The molecular formula is C27H32ClF2N3O4. The highest BCUT2D eigenvalue weighted by atomic mass is 35.5. The first-order valence-electron chi connectivity index (χ1n) is 12.2. The van der Waals surface area contributed by atoms with E-state index in [-0.39, 0.29) is 24.8 Å². The number of hydrogen-bond donors (Lipinski definition) is 3. The van der Waals surface area contributed by atoms with Crippen molar-refractivity contribution in [2.75, 3.05) is 6.54 Å². The third-order valence-corrected chi connectivity index (χ3v) is 6.96. The third kappa shape index (κ3) is 7.49. The number of benzene rings is 2. The molecule has 1 heterocycles. The molecule has 2 aromatic carbocycles. The average molecular weight is 536 g/mol. The number of carbonyl (C=O) groups excluding carboxylic acids is 3. The van der Waals surface area contributed by atoms with Crippen LogP contribution >= 0.6 is 11.6 Å². The molecule has 4 atom stereocenters. The standard InChI is InChI=1S/C27H32ClF2N3O4/c1-3-17(2)24(35)32-21(13-18-9-5-4-6-10-18)23(34)26(37)33-16-27(29,30)14-22(33)25(36)31-15-19-11-7-8-12-20(19)28/h4-12,17,21-23,34H,3,13-16H2,1-2H3,(H,31,36)(H,32,35)/t17-,21-,22-,23-/m0/s1. The van der Waals surface area contributed by atoms with Gasteiger partial charge in [0, 0.05) is 23.9 Å². The van der Waals surface area contributed by atoms with Gasteiger partial charge in [0.25, 0.3) is 11.8 Å². The smallest absolute Gasteiger partial charge is 0.267 e. The largest absolute Gasteiger partial charge is 0.381 e. The maximum Gasteiger partial charge on any atom is 0.267 e. The Hall–Kier alpha value is -3.04. The summed E-state index contributed by atoms with van der Waals surface area (Å²) in [6.45, 7) is 2.52. The summed E-state index contributed by atoms with van der Waals surface area (Å²) < 4.78 is 28.8. The van der Waals surface area contributed by atoms with E-state index in [4.69, 9.17) is 11.6 Å². The minimum absolute atomic E-state index is 0.00718. The van der Waals surface area contributed by atoms with Gasteiger partial charge in [0.15, 0.2) is 6.10 Å². The molecule has 3 rings (SSSR count). The van der Waals surface area contributed by atoms with Crippen molar-refractivity contribution in [3.8, 4) is 0 Å². The quantitative estimate of drug-likeness (QED) is 0.434. The molecule has 0 bridgehead atoms. The number of nitrogens with zero attached hydrogens (tertiary/aromatic N) is 1. The SMILES string of the molecule is CC[C@H](C)C(=O)N[C@@H](Cc1ccccc1)[C@H](O)C(=O)N1CC(F)(F)C[C@H]1C(=O)NCc1ccccc1Cl. The lowest BCUT2D eigenvalue weighted by molar-refractivity contribution is -0.147. The summed E-state index contributed by atoms with van der Waals surface area (Å²) >= 11 is 6.11. The van der Waals surface area contributed by atoms with Crippen LogP contribution in [0, 0.1) is 5.92 Å². The third-order valence-electron chi connectivity index (χ3n) is 6.59. The summed E-state index contributed by atoms with van der Waals surface area (Å²) in [6.07, 6.45) is -2.06. The van der Waals surface area contributed by atoms with Gasteiger partial charge in [0.2, 0.25) is 11.8 Å². The first kappa shape index (κ1) is 28.5. The molecule has 0 radical (unpaired) electrons. The second kappa shape index (κ2) is 12.5. The number of likely N-dealkylation sites (tertiary alicyclic amines) is 1. The fourth-order valence-electron chi connectivity index (χ4n) is 4.19. The number of rotatable bonds is 10. The van der Waals surface area contributed by atoms with Gasteiger partial charge in [0.1, 0.15) is 6.04 Å². The van der Waals surface area contributed by atoms with Gasteiger partial charge in [-0.05, 0) is 30.0 Å². The Morgan fingerprint density at radius 2 is 1.78 bits per heavy atom. The van der Waals surface area contributed by atoms with E-state index in [1.54, 1.807) is 61.5 Å². The predicted octanol–water partition coefficient (Wildman–Crippen LogP) is 3.33. The number of carbonyl (C=O) groups is 3. The Morgan fingerprint density at radius 1 is 1.14 bits per heavy atom. The van der Waals surface area contributed by atoms with Crippen LogP contribution in [-0.4, -0.2) is 58.4 Å². The van der Waals surface area contributed by atoms with Crippen molar-refractivity contribution in [3.05, 3.63) is 70.7 Å². The lowest BCUT2D eigenvalue weighted by Gasteiger charge is -2.30. The highest BCUT2D eigenvalue weighted by molar-refractivity contribution is 6.31. The number of alkyl halides is 2. The maximum absolute atomic E-state index is 14.4. The van der Waals surface area contributed by atoms with Gasteiger partial charge in [-0.1, -0.05) is 74.0 Å². The monoisotopic (exact) mass is 535 g/mol. The zero-order chi connectivity index (χ0) is 27.2. The fourth-order valence-corrected chi connectivity index (χ4v) is 4.39. The van der Waals surface area contributed by atoms with Crippen LogP contribution in [0.1, 0.15) is 37.8 Å². The molecule has 1 fully saturated rings. The van der Waals surface area contributed by atoms with Crippen molar-refractivity contribution >= 4 is 29.3 Å². The second-order valence-corrected chi connectivity index (χ2v) is 9.82. The van der Waals surface area contributed by atoms with Gasteiger partial charge in [-0.25, -0.2) is 8.78 Å². The number of nitrogens with one attached hydrogen (secondary N) is 2. The van der Waals surface area contributed by atoms with Crippen LogP contribution < -0.4 is 10.6 Å². The highest BCUT2D eigenvalue weighted by Crippen LogP contribution is 2.33. The van der Waals surface area contributed by atoms with Crippen LogP contribution in [0.25, 0.3) is 0 Å². The molecule has 3 N–H and O–H groups in total. The van der Waals surface area contributed by atoms with Gasteiger partial charge in [-0.15, -0.1) is 0 Å². The summed E-state index contributed by atoms with van der Waals surface area (Å²) in [5.41, 5.74) is 1.33. The Labute approximate surface area is 220 Å². The van der Waals surface area contributed by atoms with Crippen LogP contribution in [-0.2, 0) is 27.3 Å². The van der Waals surface area contributed by atoms with Crippen molar-refractivity contribution in [1.82, 2.24) is 15.5 Å². The van der Waals surface area contributed by atoms with E-state index >= 15 is 0 Å². The summed E-state index contributed by atoms with van der Waals surface area (Å²) in [5, 5.41) is 16.7. The number of hydrogen-bond acceptors (Lipinski definition) is 4. The van der Waals surface area contributed by atoms with E-state index in [1.807, 2.05) is 6.92 Å².